The molecule has 0 spiro atoms. The van der Waals surface area contributed by atoms with Crippen LogP contribution >= 0.6 is 0 Å². The lowest BCUT2D eigenvalue weighted by Gasteiger charge is -2.15. The molecule has 0 aromatic heterocycles. The van der Waals surface area contributed by atoms with Crippen LogP contribution in [0.15, 0.2) is 42.5 Å². The molecular weight excluding hydrogens is 377 g/mol. The molecule has 6 nitrogen and oxygen atoms in total. The van der Waals surface area contributed by atoms with Crippen molar-refractivity contribution in [2.75, 3.05) is 32.2 Å². The van der Waals surface area contributed by atoms with Crippen LogP contribution < -0.4 is 14.8 Å². The Hall–Kier alpha value is -3.25. The summed E-state index contributed by atoms with van der Waals surface area (Å²) in [6, 6.07) is 11.0. The highest BCUT2D eigenvalue weighted by Crippen LogP contribution is 2.35. The van der Waals surface area contributed by atoms with Crippen LogP contribution in [0.3, 0.4) is 0 Å². The smallest absolute Gasteiger partial charge is 0.416 e. The Balaban J connectivity index is 2.12. The van der Waals surface area contributed by atoms with Crippen LogP contribution in [0.5, 0.6) is 11.5 Å². The van der Waals surface area contributed by atoms with E-state index >= 15 is 0 Å². The second-order valence-electron chi connectivity index (χ2n) is 5.49. The molecule has 1 amide bonds. The topological polar surface area (TPSA) is 80.6 Å². The number of amides is 1. The number of anilines is 1. The molecule has 0 atom stereocenters. The van der Waals surface area contributed by atoms with Crippen molar-refractivity contribution in [1.29, 1.82) is 5.26 Å². The summed E-state index contributed by atoms with van der Waals surface area (Å²) in [5, 5.41) is 11.3. The van der Waals surface area contributed by atoms with Crippen molar-refractivity contribution in [3.63, 3.8) is 0 Å². The molecule has 0 aliphatic rings. The van der Waals surface area contributed by atoms with Gasteiger partial charge in [-0.3, -0.25) is 4.79 Å². The summed E-state index contributed by atoms with van der Waals surface area (Å²) in [4.78, 5) is 12.1. The number of hydrogen-bond donors (Lipinski definition) is 1. The highest BCUT2D eigenvalue weighted by molar-refractivity contribution is 5.93. The molecule has 0 aliphatic carbocycles. The summed E-state index contributed by atoms with van der Waals surface area (Å²) in [6.07, 6.45) is -4.58. The van der Waals surface area contributed by atoms with Crippen molar-refractivity contribution in [1.82, 2.24) is 0 Å². The Labute approximate surface area is 159 Å². The molecule has 0 fully saturated rings. The molecular formula is C19H17F3N2O4. The number of methoxy groups -OCH3 is 1. The molecule has 0 heterocycles. The fourth-order valence-electron chi connectivity index (χ4n) is 2.18. The Bertz CT molecular complexity index is 863. The lowest BCUT2D eigenvalue weighted by atomic mass is 10.1. The molecule has 2 aromatic carbocycles. The predicted octanol–water partition coefficient (Wildman–Crippen LogP) is 3.62. The largest absolute Gasteiger partial charge is 0.489 e. The number of benzene rings is 2. The number of alkyl halides is 3. The zero-order chi connectivity index (χ0) is 20.6. The molecule has 28 heavy (non-hydrogen) atoms. The van der Waals surface area contributed by atoms with Crippen LogP contribution in [0.2, 0.25) is 0 Å². The van der Waals surface area contributed by atoms with Gasteiger partial charge in [-0.2, -0.15) is 18.4 Å². The molecule has 0 saturated carbocycles. The number of rotatable bonds is 8. The normalized spacial score (nSPS) is 10.8. The summed E-state index contributed by atoms with van der Waals surface area (Å²) in [5.41, 5.74) is -0.844. The number of carbonyl (C=O) groups excluding carboxylic acids is 1. The van der Waals surface area contributed by atoms with Gasteiger partial charge in [0.1, 0.15) is 24.2 Å². The first kappa shape index (κ1) is 21.1. The van der Waals surface area contributed by atoms with Gasteiger partial charge >= 0.3 is 6.18 Å². The third-order valence-electron chi connectivity index (χ3n) is 3.49. The SMILES string of the molecule is COCCOc1ccc(C(F)(F)F)cc1NC(=O)COc1ccccc1C#N. The molecule has 0 bridgehead atoms. The van der Waals surface area contributed by atoms with Crippen LogP contribution in [-0.4, -0.2) is 32.8 Å². The molecule has 1 N–H and O–H groups in total. The summed E-state index contributed by atoms with van der Waals surface area (Å²) in [7, 11) is 1.45. The van der Waals surface area contributed by atoms with Crippen LogP contribution in [-0.2, 0) is 15.7 Å². The van der Waals surface area contributed by atoms with Crippen LogP contribution in [0, 0.1) is 11.3 Å². The van der Waals surface area contributed by atoms with Gasteiger partial charge in [0.05, 0.1) is 23.4 Å². The maximum atomic E-state index is 13.0. The Morgan fingerprint density at radius 3 is 2.54 bits per heavy atom. The minimum absolute atomic E-state index is 0.0656. The summed E-state index contributed by atoms with van der Waals surface area (Å²) < 4.78 is 54.4. The van der Waals surface area contributed by atoms with Gasteiger partial charge in [-0.1, -0.05) is 12.1 Å². The molecule has 0 saturated heterocycles. The van der Waals surface area contributed by atoms with Crippen molar-refractivity contribution >= 4 is 11.6 Å². The average Bonchev–Trinajstić information content (AvgIpc) is 2.67. The third-order valence-corrected chi connectivity index (χ3v) is 3.49. The maximum Gasteiger partial charge on any atom is 0.416 e. The zero-order valence-electron chi connectivity index (χ0n) is 14.9. The molecule has 148 valence electrons. The van der Waals surface area contributed by atoms with Crippen molar-refractivity contribution in [2.24, 2.45) is 0 Å². The van der Waals surface area contributed by atoms with Gasteiger partial charge in [-0.05, 0) is 30.3 Å². The number of para-hydroxylation sites is 1. The van der Waals surface area contributed by atoms with E-state index in [9.17, 15) is 18.0 Å². The van der Waals surface area contributed by atoms with E-state index < -0.39 is 24.3 Å². The first-order valence-electron chi connectivity index (χ1n) is 8.10. The fraction of sp³-hybridized carbons (Fsp3) is 0.263. The zero-order valence-corrected chi connectivity index (χ0v) is 14.9. The third kappa shape index (κ3) is 5.89. The number of nitriles is 1. The number of nitrogens with zero attached hydrogens (tertiary/aromatic N) is 1. The van der Waals surface area contributed by atoms with Gasteiger partial charge in [-0.25, -0.2) is 0 Å². The second kappa shape index (κ2) is 9.62. The standard InChI is InChI=1S/C19H17F3N2O4/c1-26-8-9-27-17-7-6-14(19(20,21)22)10-15(17)24-18(25)12-28-16-5-3-2-4-13(16)11-23/h2-7,10H,8-9,12H2,1H3,(H,24,25). The van der Waals surface area contributed by atoms with Crippen molar-refractivity contribution in [3.05, 3.63) is 53.6 Å². The molecule has 2 aromatic rings. The van der Waals surface area contributed by atoms with E-state index in [1.807, 2.05) is 6.07 Å². The van der Waals surface area contributed by atoms with E-state index in [-0.39, 0.29) is 36.0 Å². The Kier molecular flexibility index (Phi) is 7.23. The lowest BCUT2D eigenvalue weighted by molar-refractivity contribution is -0.137. The minimum Gasteiger partial charge on any atom is -0.489 e. The van der Waals surface area contributed by atoms with Crippen LogP contribution in [0.4, 0.5) is 18.9 Å². The minimum atomic E-state index is -4.58. The molecule has 0 aliphatic heterocycles. The monoisotopic (exact) mass is 394 g/mol. The second-order valence-corrected chi connectivity index (χ2v) is 5.49. The number of carbonyl (C=O) groups is 1. The predicted molar refractivity (Wildman–Crippen MR) is 94.1 cm³/mol. The van der Waals surface area contributed by atoms with Crippen LogP contribution in [0.25, 0.3) is 0 Å². The van der Waals surface area contributed by atoms with E-state index in [1.165, 1.54) is 19.2 Å². The van der Waals surface area contributed by atoms with Gasteiger partial charge in [0.25, 0.3) is 5.91 Å². The quantitative estimate of drug-likeness (QED) is 0.692. The lowest BCUT2D eigenvalue weighted by Crippen LogP contribution is -2.21. The summed E-state index contributed by atoms with van der Waals surface area (Å²) in [5.74, 6) is -0.444. The van der Waals surface area contributed by atoms with E-state index in [4.69, 9.17) is 19.5 Å². The van der Waals surface area contributed by atoms with Gasteiger partial charge in [-0.15, -0.1) is 0 Å². The Morgan fingerprint density at radius 2 is 1.86 bits per heavy atom. The van der Waals surface area contributed by atoms with Gasteiger partial charge < -0.3 is 19.5 Å². The van der Waals surface area contributed by atoms with E-state index in [1.54, 1.807) is 12.1 Å². The summed E-state index contributed by atoms with van der Waals surface area (Å²) >= 11 is 0. The first-order chi connectivity index (χ1) is 13.3. The van der Waals surface area contributed by atoms with E-state index in [0.29, 0.717) is 0 Å². The number of nitrogens with one attached hydrogen (secondary N) is 1. The van der Waals surface area contributed by atoms with Crippen LogP contribution in [0.1, 0.15) is 11.1 Å². The van der Waals surface area contributed by atoms with E-state index in [0.717, 1.165) is 18.2 Å². The van der Waals surface area contributed by atoms with Gasteiger partial charge in [0.2, 0.25) is 0 Å². The van der Waals surface area contributed by atoms with Crippen molar-refractivity contribution in [3.8, 4) is 17.6 Å². The fourth-order valence-corrected chi connectivity index (χ4v) is 2.18. The average molecular weight is 394 g/mol. The number of halogens is 3. The van der Waals surface area contributed by atoms with Crippen molar-refractivity contribution in [2.45, 2.75) is 6.18 Å². The molecule has 2 rings (SSSR count). The number of hydrogen-bond acceptors (Lipinski definition) is 5. The van der Waals surface area contributed by atoms with Crippen molar-refractivity contribution < 1.29 is 32.2 Å². The first-order valence-corrected chi connectivity index (χ1v) is 8.10. The Morgan fingerprint density at radius 1 is 1.11 bits per heavy atom. The highest BCUT2D eigenvalue weighted by Gasteiger charge is 2.31. The maximum absolute atomic E-state index is 13.0. The molecule has 0 radical (unpaired) electrons. The van der Waals surface area contributed by atoms with Gasteiger partial charge in [0, 0.05) is 7.11 Å². The summed E-state index contributed by atoms with van der Waals surface area (Å²) in [6.45, 7) is -0.175. The highest BCUT2D eigenvalue weighted by atomic mass is 19.4. The number of ether oxygens (including phenoxy) is 3. The van der Waals surface area contributed by atoms with E-state index in [2.05, 4.69) is 5.32 Å². The molecule has 9 heteroatoms. The van der Waals surface area contributed by atoms with Gasteiger partial charge in [0.15, 0.2) is 6.61 Å². The molecule has 0 unspecified atom stereocenters.